The number of carbonyl (C=O) groups is 2. The molecule has 0 atom stereocenters. The Morgan fingerprint density at radius 2 is 1.52 bits per heavy atom. The minimum Gasteiger partial charge on any atom is -0.454 e. The molecule has 0 aliphatic carbocycles. The van der Waals surface area contributed by atoms with E-state index in [9.17, 15) is 14.4 Å². The summed E-state index contributed by atoms with van der Waals surface area (Å²) in [6.07, 6.45) is 1.96. The first kappa shape index (κ1) is 19.2. The Kier molecular flexibility index (Phi) is 5.34. The zero-order valence-corrected chi connectivity index (χ0v) is 16.5. The number of benzene rings is 2. The van der Waals surface area contributed by atoms with E-state index in [0.717, 1.165) is 12.8 Å². The highest BCUT2D eigenvalue weighted by Gasteiger charge is 2.21. The molecule has 1 aliphatic rings. The van der Waals surface area contributed by atoms with Gasteiger partial charge in [0.25, 0.3) is 5.91 Å². The molecule has 150 valence electrons. The van der Waals surface area contributed by atoms with Crippen molar-refractivity contribution in [3.63, 3.8) is 0 Å². The smallest absolute Gasteiger partial charge is 0.326 e. The first-order valence-electron chi connectivity index (χ1n) is 9.98. The number of fused-ring (bicyclic) bond motifs is 2. The normalized spacial score (nSPS) is 15.0. The zero-order valence-electron chi connectivity index (χ0n) is 16.5. The molecule has 0 spiro atoms. The number of aromatic nitrogens is 1. The van der Waals surface area contributed by atoms with E-state index in [-0.39, 0.29) is 24.5 Å². The molecule has 0 unspecified atom stereocenters. The fourth-order valence-corrected chi connectivity index (χ4v) is 3.91. The molecule has 2 aromatic carbocycles. The second kappa shape index (κ2) is 8.07. The molecule has 0 radical (unpaired) electrons. The molecular weight excluding hydrogens is 368 g/mol. The summed E-state index contributed by atoms with van der Waals surface area (Å²) in [5.41, 5.74) is 1.28. The van der Waals surface area contributed by atoms with Crippen LogP contribution in [0, 0.1) is 5.92 Å². The van der Waals surface area contributed by atoms with Gasteiger partial charge in [-0.1, -0.05) is 31.2 Å². The summed E-state index contributed by atoms with van der Waals surface area (Å²) in [4.78, 5) is 39.4. The summed E-state index contributed by atoms with van der Waals surface area (Å²) in [7, 11) is 0. The van der Waals surface area contributed by atoms with Crippen LogP contribution < -0.4 is 5.43 Å². The molecule has 2 heterocycles. The number of hydrogen-bond acceptors (Lipinski definition) is 4. The van der Waals surface area contributed by atoms with E-state index in [1.54, 1.807) is 33.7 Å². The highest BCUT2D eigenvalue weighted by molar-refractivity contribution is 5.94. The molecule has 29 heavy (non-hydrogen) atoms. The molecule has 0 saturated carbocycles. The maximum Gasteiger partial charge on any atom is 0.326 e. The van der Waals surface area contributed by atoms with Crippen LogP contribution >= 0.6 is 0 Å². The Balaban J connectivity index is 1.54. The predicted molar refractivity (Wildman–Crippen MR) is 112 cm³/mol. The Morgan fingerprint density at radius 3 is 2.10 bits per heavy atom. The summed E-state index contributed by atoms with van der Waals surface area (Å²) in [6.45, 7) is 3.30. The van der Waals surface area contributed by atoms with Crippen molar-refractivity contribution in [2.45, 2.75) is 26.3 Å². The number of hydrogen-bond donors (Lipinski definition) is 0. The van der Waals surface area contributed by atoms with E-state index in [1.807, 2.05) is 24.3 Å². The molecule has 4 rings (SSSR count). The summed E-state index contributed by atoms with van der Waals surface area (Å²) < 4.78 is 7.07. The van der Waals surface area contributed by atoms with Crippen LogP contribution in [0.2, 0.25) is 0 Å². The van der Waals surface area contributed by atoms with Crippen molar-refractivity contribution >= 4 is 33.7 Å². The van der Waals surface area contributed by atoms with Gasteiger partial charge in [0.15, 0.2) is 12.0 Å². The minimum absolute atomic E-state index is 0.0599. The molecule has 1 aromatic heterocycles. The first-order valence-corrected chi connectivity index (χ1v) is 9.98. The van der Waals surface area contributed by atoms with Gasteiger partial charge in [0, 0.05) is 23.9 Å². The highest BCUT2D eigenvalue weighted by Crippen LogP contribution is 2.19. The monoisotopic (exact) mass is 392 g/mol. The van der Waals surface area contributed by atoms with Gasteiger partial charge in [-0.3, -0.25) is 14.4 Å². The number of pyridine rings is 1. The maximum atomic E-state index is 12.8. The molecule has 1 fully saturated rings. The lowest BCUT2D eigenvalue weighted by Gasteiger charge is -2.30. The van der Waals surface area contributed by atoms with Gasteiger partial charge in [0.1, 0.15) is 6.54 Å². The quantitative estimate of drug-likeness (QED) is 0.506. The van der Waals surface area contributed by atoms with E-state index >= 15 is 0 Å². The number of ether oxygens (including phenoxy) is 1. The topological polar surface area (TPSA) is 68.6 Å². The van der Waals surface area contributed by atoms with Crippen molar-refractivity contribution in [3.8, 4) is 0 Å². The van der Waals surface area contributed by atoms with Crippen LogP contribution in [0.15, 0.2) is 53.3 Å². The van der Waals surface area contributed by atoms with Crippen LogP contribution in [0.5, 0.6) is 0 Å². The zero-order chi connectivity index (χ0) is 20.4. The number of esters is 1. The largest absolute Gasteiger partial charge is 0.454 e. The highest BCUT2D eigenvalue weighted by atomic mass is 16.5. The van der Waals surface area contributed by atoms with Gasteiger partial charge in [0.2, 0.25) is 0 Å². The van der Waals surface area contributed by atoms with Gasteiger partial charge in [-0.2, -0.15) is 0 Å². The second-order valence-corrected chi connectivity index (χ2v) is 7.67. The molecule has 6 heteroatoms. The molecule has 1 saturated heterocycles. The van der Waals surface area contributed by atoms with Gasteiger partial charge < -0.3 is 14.2 Å². The first-order chi connectivity index (χ1) is 14.0. The fourth-order valence-electron chi connectivity index (χ4n) is 3.91. The second-order valence-electron chi connectivity index (χ2n) is 7.67. The number of piperidine rings is 1. The summed E-state index contributed by atoms with van der Waals surface area (Å²) in [5.74, 6) is -0.0221. The molecular formula is C23H24N2O4. The Hall–Kier alpha value is -3.15. The lowest BCUT2D eigenvalue weighted by molar-refractivity contribution is -0.153. The van der Waals surface area contributed by atoms with Gasteiger partial charge in [-0.15, -0.1) is 0 Å². The fraction of sp³-hybridized carbons (Fsp3) is 0.348. The lowest BCUT2D eigenvalue weighted by Crippen LogP contribution is -2.40. The van der Waals surface area contributed by atoms with Crippen LogP contribution in [0.25, 0.3) is 21.8 Å². The van der Waals surface area contributed by atoms with Crippen LogP contribution in [-0.2, 0) is 20.9 Å². The summed E-state index contributed by atoms with van der Waals surface area (Å²) in [5, 5.41) is 1.11. The molecule has 0 bridgehead atoms. The number of carbonyl (C=O) groups excluding carboxylic acids is 2. The van der Waals surface area contributed by atoms with Crippen molar-refractivity contribution in [3.05, 3.63) is 58.8 Å². The molecule has 6 nitrogen and oxygen atoms in total. The van der Waals surface area contributed by atoms with Crippen LogP contribution in [0.1, 0.15) is 19.8 Å². The standard InChI is InChI=1S/C23H24N2O4/c1-16-10-12-24(13-11-16)21(26)15-29-22(27)14-25-19-8-4-2-6-17(19)23(28)18-7-3-5-9-20(18)25/h2-9,16H,10-15H2,1H3. The van der Waals surface area contributed by atoms with Crippen molar-refractivity contribution < 1.29 is 14.3 Å². The van der Waals surface area contributed by atoms with E-state index < -0.39 is 5.97 Å². The van der Waals surface area contributed by atoms with E-state index in [1.165, 1.54) is 0 Å². The third kappa shape index (κ3) is 3.88. The van der Waals surface area contributed by atoms with Gasteiger partial charge in [0.05, 0.1) is 11.0 Å². The Labute approximate surface area is 168 Å². The van der Waals surface area contributed by atoms with Crippen LogP contribution in [0.3, 0.4) is 0 Å². The van der Waals surface area contributed by atoms with E-state index in [2.05, 4.69) is 6.92 Å². The molecule has 0 N–H and O–H groups in total. The van der Waals surface area contributed by atoms with Crippen molar-refractivity contribution in [2.75, 3.05) is 19.7 Å². The minimum atomic E-state index is -0.498. The van der Waals surface area contributed by atoms with Crippen LogP contribution in [-0.4, -0.2) is 41.0 Å². The van der Waals surface area contributed by atoms with Gasteiger partial charge in [-0.05, 0) is 43.0 Å². The third-order valence-corrected chi connectivity index (χ3v) is 5.66. The summed E-state index contributed by atoms with van der Waals surface area (Å²) >= 11 is 0. The number of nitrogens with zero attached hydrogens (tertiary/aromatic N) is 2. The molecule has 1 aliphatic heterocycles. The van der Waals surface area contributed by atoms with Gasteiger partial charge in [-0.25, -0.2) is 0 Å². The Morgan fingerprint density at radius 1 is 0.966 bits per heavy atom. The molecule has 1 amide bonds. The number of para-hydroxylation sites is 2. The van der Waals surface area contributed by atoms with Crippen molar-refractivity contribution in [1.82, 2.24) is 9.47 Å². The lowest BCUT2D eigenvalue weighted by atomic mass is 9.99. The summed E-state index contributed by atoms with van der Waals surface area (Å²) in [6, 6.07) is 14.4. The van der Waals surface area contributed by atoms with Gasteiger partial charge >= 0.3 is 5.97 Å². The number of rotatable bonds is 4. The average Bonchev–Trinajstić information content (AvgIpc) is 2.75. The average molecular weight is 392 g/mol. The third-order valence-electron chi connectivity index (χ3n) is 5.66. The van der Waals surface area contributed by atoms with E-state index in [0.29, 0.717) is 40.8 Å². The molecule has 3 aromatic rings. The van der Waals surface area contributed by atoms with Crippen molar-refractivity contribution in [2.24, 2.45) is 5.92 Å². The maximum absolute atomic E-state index is 12.8. The Bertz CT molecular complexity index is 1070. The predicted octanol–water partition coefficient (Wildman–Crippen LogP) is 2.96. The van der Waals surface area contributed by atoms with E-state index in [4.69, 9.17) is 4.74 Å². The number of amides is 1. The van der Waals surface area contributed by atoms with Crippen LogP contribution in [0.4, 0.5) is 0 Å². The van der Waals surface area contributed by atoms with Crippen molar-refractivity contribution in [1.29, 1.82) is 0 Å². The number of likely N-dealkylation sites (tertiary alicyclic amines) is 1. The SMILES string of the molecule is CC1CCN(C(=O)COC(=O)Cn2c3ccccc3c(=O)c3ccccc32)CC1.